The Labute approximate surface area is 177 Å². The maximum atomic E-state index is 14.1. The van der Waals surface area contributed by atoms with Gasteiger partial charge in [0.2, 0.25) is 5.60 Å². The third-order valence-corrected chi connectivity index (χ3v) is 4.72. The molecule has 0 aliphatic heterocycles. The Morgan fingerprint density at radius 1 is 1.20 bits per heavy atom. The molecule has 1 atom stereocenters. The number of nitro groups is 1. The third-order valence-electron chi connectivity index (χ3n) is 4.28. The first-order chi connectivity index (χ1) is 13.8. The van der Waals surface area contributed by atoms with Crippen LogP contribution in [0.2, 0.25) is 10.0 Å². The van der Waals surface area contributed by atoms with Gasteiger partial charge in [0.05, 0.1) is 4.92 Å². The maximum absolute atomic E-state index is 14.1. The standard InChI is InChI=1S/C18H13Cl2F3N2O5/c1-9(10-2-3-14(16(26)27)15(4-10)25(28)29)8-17(30-24,18(21,22)23)11-5-12(19)7-13(20)6-11/h2-7H,1,8,24H2,(H,26,27). The molecule has 0 amide bonds. The second kappa shape index (κ2) is 8.60. The lowest BCUT2D eigenvalue weighted by Gasteiger charge is -2.35. The van der Waals surface area contributed by atoms with Crippen molar-refractivity contribution in [1.29, 1.82) is 0 Å². The van der Waals surface area contributed by atoms with E-state index in [0.29, 0.717) is 0 Å². The highest BCUT2D eigenvalue weighted by molar-refractivity contribution is 6.34. The minimum atomic E-state index is -5.06. The largest absolute Gasteiger partial charge is 0.477 e. The van der Waals surface area contributed by atoms with E-state index in [2.05, 4.69) is 11.4 Å². The number of carboxylic acid groups (broad SMARTS) is 1. The van der Waals surface area contributed by atoms with E-state index in [0.717, 1.165) is 30.3 Å². The molecule has 0 saturated carbocycles. The Morgan fingerprint density at radius 2 is 1.77 bits per heavy atom. The molecule has 2 rings (SSSR count). The van der Waals surface area contributed by atoms with E-state index in [1.165, 1.54) is 6.07 Å². The number of hydrogen-bond donors (Lipinski definition) is 2. The zero-order chi connectivity index (χ0) is 22.9. The summed E-state index contributed by atoms with van der Waals surface area (Å²) >= 11 is 11.6. The van der Waals surface area contributed by atoms with Gasteiger partial charge in [-0.05, 0) is 41.0 Å². The van der Waals surface area contributed by atoms with Crippen LogP contribution in [0.15, 0.2) is 43.0 Å². The van der Waals surface area contributed by atoms with E-state index < -0.39 is 45.9 Å². The molecule has 1 unspecified atom stereocenters. The maximum Gasteiger partial charge on any atom is 0.424 e. The molecule has 0 spiro atoms. The summed E-state index contributed by atoms with van der Waals surface area (Å²) < 4.78 is 42.2. The number of benzene rings is 2. The third kappa shape index (κ3) is 4.57. The van der Waals surface area contributed by atoms with Crippen molar-refractivity contribution in [3.63, 3.8) is 0 Å². The first-order valence-electron chi connectivity index (χ1n) is 7.93. The van der Waals surface area contributed by atoms with Gasteiger partial charge >= 0.3 is 12.1 Å². The summed E-state index contributed by atoms with van der Waals surface area (Å²) in [5.41, 5.74) is -5.43. The van der Waals surface area contributed by atoms with Crippen LogP contribution in [0.5, 0.6) is 0 Å². The van der Waals surface area contributed by atoms with Crippen LogP contribution in [0.3, 0.4) is 0 Å². The van der Waals surface area contributed by atoms with E-state index in [9.17, 15) is 28.1 Å². The van der Waals surface area contributed by atoms with Gasteiger partial charge < -0.3 is 5.11 Å². The zero-order valence-corrected chi connectivity index (χ0v) is 16.4. The van der Waals surface area contributed by atoms with Gasteiger partial charge in [-0.1, -0.05) is 35.8 Å². The number of carboxylic acids is 1. The molecular formula is C18H13Cl2F3N2O5. The lowest BCUT2D eigenvalue weighted by molar-refractivity contribution is -0.385. The molecule has 0 fully saturated rings. The molecule has 0 heterocycles. The van der Waals surface area contributed by atoms with E-state index in [4.69, 9.17) is 34.2 Å². The average Bonchev–Trinajstić information content (AvgIpc) is 2.63. The highest BCUT2D eigenvalue weighted by Crippen LogP contribution is 2.48. The second-order valence-electron chi connectivity index (χ2n) is 6.18. The van der Waals surface area contributed by atoms with Crippen molar-refractivity contribution in [1.82, 2.24) is 0 Å². The van der Waals surface area contributed by atoms with Crippen molar-refractivity contribution >= 4 is 40.4 Å². The minimum Gasteiger partial charge on any atom is -0.477 e. The van der Waals surface area contributed by atoms with Crippen molar-refractivity contribution in [3.05, 3.63) is 79.8 Å². The van der Waals surface area contributed by atoms with Gasteiger partial charge in [0.25, 0.3) is 5.69 Å². The SMILES string of the molecule is C=C(CC(ON)(c1cc(Cl)cc(Cl)c1)C(F)(F)F)c1ccc(C(=O)O)c([N+](=O)[O-])c1. The van der Waals surface area contributed by atoms with Crippen LogP contribution in [-0.2, 0) is 10.4 Å². The number of hydrogen-bond acceptors (Lipinski definition) is 5. The average molecular weight is 465 g/mol. The van der Waals surface area contributed by atoms with Gasteiger partial charge in [-0.15, -0.1) is 0 Å². The summed E-state index contributed by atoms with van der Waals surface area (Å²) in [7, 11) is 0. The van der Waals surface area contributed by atoms with E-state index in [1.54, 1.807) is 0 Å². The van der Waals surface area contributed by atoms with Gasteiger partial charge in [-0.3, -0.25) is 15.0 Å². The molecule has 160 valence electrons. The predicted octanol–water partition coefficient (Wildman–Crippen LogP) is 5.35. The van der Waals surface area contributed by atoms with Crippen LogP contribution in [0.4, 0.5) is 18.9 Å². The highest BCUT2D eigenvalue weighted by Gasteiger charge is 2.58. The molecule has 0 bridgehead atoms. The Kier molecular flexibility index (Phi) is 6.77. The minimum absolute atomic E-state index is 0.102. The monoisotopic (exact) mass is 464 g/mol. The summed E-state index contributed by atoms with van der Waals surface area (Å²) in [6.45, 7) is 3.55. The van der Waals surface area contributed by atoms with E-state index in [1.807, 2.05) is 0 Å². The fourth-order valence-electron chi connectivity index (χ4n) is 2.82. The Morgan fingerprint density at radius 3 is 2.20 bits per heavy atom. The molecular weight excluding hydrogens is 452 g/mol. The van der Waals surface area contributed by atoms with Gasteiger partial charge in [0, 0.05) is 22.5 Å². The normalized spacial score (nSPS) is 13.5. The highest BCUT2D eigenvalue weighted by atomic mass is 35.5. The fraction of sp³-hybridized carbons (Fsp3) is 0.167. The number of halogens is 5. The quantitative estimate of drug-likeness (QED) is 0.421. The van der Waals surface area contributed by atoms with Crippen LogP contribution in [0.25, 0.3) is 5.57 Å². The lowest BCUT2D eigenvalue weighted by Crippen LogP contribution is -2.47. The molecule has 7 nitrogen and oxygen atoms in total. The van der Waals surface area contributed by atoms with E-state index >= 15 is 0 Å². The smallest absolute Gasteiger partial charge is 0.424 e. The molecule has 0 aliphatic rings. The number of alkyl halides is 3. The Balaban J connectivity index is 2.59. The number of nitro benzene ring substituents is 1. The summed E-state index contributed by atoms with van der Waals surface area (Å²) in [5, 5.41) is 20.0. The number of aromatic carboxylic acids is 1. The first kappa shape index (κ1) is 23.6. The molecule has 0 radical (unpaired) electrons. The topological polar surface area (TPSA) is 116 Å². The lowest BCUT2D eigenvalue weighted by atomic mass is 9.84. The number of carbonyl (C=O) groups is 1. The zero-order valence-electron chi connectivity index (χ0n) is 14.9. The summed E-state index contributed by atoms with van der Waals surface area (Å²) in [5.74, 6) is 3.49. The van der Waals surface area contributed by atoms with Gasteiger partial charge in [-0.2, -0.15) is 13.2 Å². The summed E-state index contributed by atoms with van der Waals surface area (Å²) in [6.07, 6.45) is -6.04. The molecule has 2 aromatic carbocycles. The summed E-state index contributed by atoms with van der Waals surface area (Å²) in [6, 6.07) is 5.97. The molecule has 0 aliphatic carbocycles. The predicted molar refractivity (Wildman–Crippen MR) is 103 cm³/mol. The molecule has 2 aromatic rings. The Hall–Kier alpha value is -2.66. The van der Waals surface area contributed by atoms with Crippen LogP contribution in [-0.4, -0.2) is 22.2 Å². The molecule has 30 heavy (non-hydrogen) atoms. The van der Waals surface area contributed by atoms with Gasteiger partial charge in [0.1, 0.15) is 5.56 Å². The van der Waals surface area contributed by atoms with Crippen molar-refractivity contribution in [2.45, 2.75) is 18.2 Å². The van der Waals surface area contributed by atoms with Crippen molar-refractivity contribution < 1.29 is 32.8 Å². The van der Waals surface area contributed by atoms with Gasteiger partial charge in [-0.25, -0.2) is 10.7 Å². The van der Waals surface area contributed by atoms with Crippen molar-refractivity contribution in [3.8, 4) is 0 Å². The number of nitrogens with two attached hydrogens (primary N) is 1. The number of rotatable bonds is 7. The van der Waals surface area contributed by atoms with Gasteiger partial charge in [0.15, 0.2) is 0 Å². The van der Waals surface area contributed by atoms with E-state index in [-0.39, 0.29) is 21.2 Å². The van der Waals surface area contributed by atoms with Crippen LogP contribution < -0.4 is 5.90 Å². The molecule has 3 N–H and O–H groups in total. The van der Waals surface area contributed by atoms with Crippen molar-refractivity contribution in [2.75, 3.05) is 0 Å². The summed E-state index contributed by atoms with van der Waals surface area (Å²) in [4.78, 5) is 25.7. The van der Waals surface area contributed by atoms with Crippen LogP contribution in [0.1, 0.15) is 27.9 Å². The first-order valence-corrected chi connectivity index (χ1v) is 8.69. The number of nitrogens with zero attached hydrogens (tertiary/aromatic N) is 1. The second-order valence-corrected chi connectivity index (χ2v) is 7.05. The fourth-order valence-corrected chi connectivity index (χ4v) is 3.34. The van der Waals surface area contributed by atoms with Crippen LogP contribution in [0, 0.1) is 10.1 Å². The van der Waals surface area contributed by atoms with Crippen LogP contribution >= 0.6 is 23.2 Å². The Bertz CT molecular complexity index is 1010. The van der Waals surface area contributed by atoms with Crippen molar-refractivity contribution in [2.24, 2.45) is 5.90 Å². The molecule has 0 saturated heterocycles. The molecule has 12 heteroatoms. The molecule has 0 aromatic heterocycles.